The molecule has 0 bridgehead atoms. The van der Waals surface area contributed by atoms with Crippen LogP contribution in [0.15, 0.2) is 54.7 Å². The van der Waals surface area contributed by atoms with Crippen molar-refractivity contribution < 1.29 is 9.13 Å². The van der Waals surface area contributed by atoms with Crippen LogP contribution in [0, 0.1) is 11.0 Å². The molecule has 4 rings (SSSR count). The van der Waals surface area contributed by atoms with Gasteiger partial charge in [0, 0.05) is 25.4 Å². The monoisotopic (exact) mass is 348 g/mol. The lowest BCUT2D eigenvalue weighted by Crippen LogP contribution is -2.55. The van der Waals surface area contributed by atoms with Crippen molar-refractivity contribution in [2.24, 2.45) is 0 Å². The Morgan fingerprint density at radius 3 is 2.50 bits per heavy atom. The van der Waals surface area contributed by atoms with Gasteiger partial charge in [0.15, 0.2) is 5.54 Å². The number of hydroxylamine groups is 1. The number of rotatable bonds is 1. The third-order valence-corrected chi connectivity index (χ3v) is 6.01. The van der Waals surface area contributed by atoms with Crippen molar-refractivity contribution in [3.05, 3.63) is 82.4 Å². The van der Waals surface area contributed by atoms with Crippen LogP contribution >= 0.6 is 0 Å². The first-order valence-corrected chi connectivity index (χ1v) is 8.73. The second-order valence-corrected chi connectivity index (χ2v) is 7.93. The van der Waals surface area contributed by atoms with Gasteiger partial charge in [0.1, 0.15) is 5.82 Å². The first-order chi connectivity index (χ1) is 12.2. The zero-order chi connectivity index (χ0) is 18.7. The largest absolute Gasteiger partial charge is 0.623 e. The molecule has 2 heterocycles. The van der Waals surface area contributed by atoms with Crippen LogP contribution in [-0.2, 0) is 5.41 Å². The van der Waals surface area contributed by atoms with Gasteiger partial charge in [-0.25, -0.2) is 4.39 Å². The van der Waals surface area contributed by atoms with Gasteiger partial charge in [-0.05, 0) is 49.7 Å². The van der Waals surface area contributed by atoms with Gasteiger partial charge in [-0.1, -0.05) is 18.2 Å². The van der Waals surface area contributed by atoms with Gasteiger partial charge >= 0.3 is 0 Å². The van der Waals surface area contributed by atoms with Crippen LogP contribution in [0.25, 0.3) is 10.9 Å². The molecule has 1 aromatic heterocycles. The summed E-state index contributed by atoms with van der Waals surface area (Å²) >= 11 is 0. The van der Waals surface area contributed by atoms with E-state index in [0.717, 1.165) is 32.3 Å². The van der Waals surface area contributed by atoms with E-state index >= 15 is 0 Å². The standard InChI is InChI=1S/C22H21FN2O/c1-21(2)18-12-16(23)9-10-17(18)20(25(26)22(21,3)4)15-11-14-7-5-6-8-19(14)24-13-15/h5-13H,1-4H3. The Hall–Kier alpha value is -2.75. The first-order valence-electron chi connectivity index (χ1n) is 8.73. The van der Waals surface area contributed by atoms with Crippen LogP contribution in [0.2, 0.25) is 0 Å². The van der Waals surface area contributed by atoms with Crippen LogP contribution in [0.3, 0.4) is 0 Å². The molecule has 1 aliphatic rings. The molecule has 0 radical (unpaired) electrons. The third-order valence-electron chi connectivity index (χ3n) is 6.01. The normalized spacial score (nSPS) is 18.0. The number of aromatic nitrogens is 1. The third kappa shape index (κ3) is 2.18. The summed E-state index contributed by atoms with van der Waals surface area (Å²) in [5, 5.41) is 14.4. The zero-order valence-electron chi connectivity index (χ0n) is 15.4. The van der Waals surface area contributed by atoms with Crippen molar-refractivity contribution in [3.8, 4) is 0 Å². The second kappa shape index (κ2) is 5.37. The van der Waals surface area contributed by atoms with Gasteiger partial charge in [-0.15, -0.1) is 0 Å². The minimum absolute atomic E-state index is 0.289. The molecule has 0 spiro atoms. The summed E-state index contributed by atoms with van der Waals surface area (Å²) in [6, 6.07) is 14.5. The smallest absolute Gasteiger partial charge is 0.227 e. The Balaban J connectivity index is 2.05. The molecule has 0 N–H and O–H groups in total. The second-order valence-electron chi connectivity index (χ2n) is 7.93. The summed E-state index contributed by atoms with van der Waals surface area (Å²) < 4.78 is 15.1. The topological polar surface area (TPSA) is 39.0 Å². The molecule has 4 heteroatoms. The lowest BCUT2D eigenvalue weighted by molar-refractivity contribution is -0.555. The molecule has 3 aromatic rings. The van der Waals surface area contributed by atoms with Gasteiger partial charge in [-0.2, -0.15) is 4.74 Å². The van der Waals surface area contributed by atoms with Crippen molar-refractivity contribution in [1.29, 1.82) is 0 Å². The van der Waals surface area contributed by atoms with Crippen LogP contribution in [0.4, 0.5) is 4.39 Å². The SMILES string of the molecule is CC1(C)c2cc(F)ccc2C(c2cnc3ccccc3c2)=[N+]([O-])C1(C)C. The molecule has 0 amide bonds. The summed E-state index contributed by atoms with van der Waals surface area (Å²) in [6.45, 7) is 7.79. The molecule has 0 aliphatic carbocycles. The number of hydrogen-bond donors (Lipinski definition) is 0. The molecule has 132 valence electrons. The van der Waals surface area contributed by atoms with Gasteiger partial charge < -0.3 is 5.21 Å². The maximum atomic E-state index is 14.0. The Morgan fingerprint density at radius 1 is 1.00 bits per heavy atom. The lowest BCUT2D eigenvalue weighted by atomic mass is 9.65. The number of nitrogens with zero attached hydrogens (tertiary/aromatic N) is 2. The number of fused-ring (bicyclic) bond motifs is 2. The summed E-state index contributed by atoms with van der Waals surface area (Å²) in [7, 11) is 0. The molecule has 3 nitrogen and oxygen atoms in total. The van der Waals surface area contributed by atoms with E-state index in [9.17, 15) is 9.60 Å². The predicted octanol–water partition coefficient (Wildman–Crippen LogP) is 4.79. The van der Waals surface area contributed by atoms with Gasteiger partial charge in [0.05, 0.1) is 22.1 Å². The molecule has 0 saturated heterocycles. The van der Waals surface area contributed by atoms with E-state index in [1.54, 1.807) is 18.3 Å². The Kier molecular flexibility index (Phi) is 3.45. The lowest BCUT2D eigenvalue weighted by Gasteiger charge is -2.44. The predicted molar refractivity (Wildman–Crippen MR) is 102 cm³/mol. The van der Waals surface area contributed by atoms with E-state index in [1.165, 1.54) is 6.07 Å². The van der Waals surface area contributed by atoms with E-state index in [4.69, 9.17) is 0 Å². The fraction of sp³-hybridized carbons (Fsp3) is 0.273. The molecule has 0 saturated carbocycles. The maximum Gasteiger partial charge on any atom is 0.227 e. The van der Waals surface area contributed by atoms with E-state index in [2.05, 4.69) is 4.98 Å². The molecular formula is C22H21FN2O. The van der Waals surface area contributed by atoms with Crippen molar-refractivity contribution in [1.82, 2.24) is 4.98 Å². The fourth-order valence-corrected chi connectivity index (χ4v) is 3.69. The van der Waals surface area contributed by atoms with Crippen molar-refractivity contribution in [3.63, 3.8) is 0 Å². The molecule has 0 atom stereocenters. The summed E-state index contributed by atoms with van der Waals surface area (Å²) in [4.78, 5) is 4.50. The highest BCUT2D eigenvalue weighted by Gasteiger charge is 2.52. The van der Waals surface area contributed by atoms with Crippen LogP contribution in [0.1, 0.15) is 44.4 Å². The molecule has 1 aliphatic heterocycles. The molecule has 2 aromatic carbocycles. The minimum atomic E-state index is -0.741. The van der Waals surface area contributed by atoms with Gasteiger partial charge in [-0.3, -0.25) is 4.98 Å². The summed E-state index contributed by atoms with van der Waals surface area (Å²) in [5.41, 5.74) is 2.52. The van der Waals surface area contributed by atoms with E-state index in [1.807, 2.05) is 58.0 Å². The van der Waals surface area contributed by atoms with E-state index in [0.29, 0.717) is 5.71 Å². The van der Waals surface area contributed by atoms with Crippen molar-refractivity contribution >= 4 is 16.6 Å². The average molecular weight is 348 g/mol. The average Bonchev–Trinajstić information content (AvgIpc) is 2.61. The molecular weight excluding hydrogens is 327 g/mol. The quantitative estimate of drug-likeness (QED) is 0.468. The number of para-hydroxylation sites is 1. The Labute approximate surface area is 152 Å². The van der Waals surface area contributed by atoms with E-state index in [-0.39, 0.29) is 5.82 Å². The van der Waals surface area contributed by atoms with Gasteiger partial charge in [0.25, 0.3) is 0 Å². The molecule has 26 heavy (non-hydrogen) atoms. The number of halogens is 1. The number of hydrogen-bond acceptors (Lipinski definition) is 2. The number of pyridine rings is 1. The highest BCUT2D eigenvalue weighted by atomic mass is 19.1. The van der Waals surface area contributed by atoms with Gasteiger partial charge in [0.2, 0.25) is 5.71 Å². The maximum absolute atomic E-state index is 14.0. The summed E-state index contributed by atoms with van der Waals surface area (Å²) in [6.07, 6.45) is 1.73. The highest BCUT2D eigenvalue weighted by molar-refractivity contribution is 6.12. The first kappa shape index (κ1) is 16.7. The van der Waals surface area contributed by atoms with Crippen molar-refractivity contribution in [2.75, 3.05) is 0 Å². The van der Waals surface area contributed by atoms with Crippen LogP contribution in [-0.4, -0.2) is 21.0 Å². The van der Waals surface area contributed by atoms with Crippen LogP contribution in [0.5, 0.6) is 0 Å². The van der Waals surface area contributed by atoms with Crippen molar-refractivity contribution in [2.45, 2.75) is 38.6 Å². The number of benzene rings is 2. The van der Waals surface area contributed by atoms with Crippen LogP contribution < -0.4 is 0 Å². The highest BCUT2D eigenvalue weighted by Crippen LogP contribution is 2.43. The molecule has 0 fully saturated rings. The molecule has 0 unspecified atom stereocenters. The zero-order valence-corrected chi connectivity index (χ0v) is 15.4. The minimum Gasteiger partial charge on any atom is -0.623 e. The Morgan fingerprint density at radius 2 is 1.73 bits per heavy atom. The summed E-state index contributed by atoms with van der Waals surface area (Å²) in [5.74, 6) is -0.289. The Bertz CT molecular complexity index is 1070. The van der Waals surface area contributed by atoms with E-state index < -0.39 is 11.0 Å². The fourth-order valence-electron chi connectivity index (χ4n) is 3.69.